The van der Waals surface area contributed by atoms with Crippen LogP contribution in [0.5, 0.6) is 0 Å². The Bertz CT molecular complexity index is 361. The number of hydrogen-bond donors (Lipinski definition) is 2. The zero-order valence-electron chi connectivity index (χ0n) is 7.91. The van der Waals surface area contributed by atoms with E-state index >= 15 is 0 Å². The first-order chi connectivity index (χ1) is 6.59. The molecule has 1 aromatic carbocycles. The van der Waals surface area contributed by atoms with Crippen LogP contribution >= 0.6 is 0 Å². The number of nitrogens with one attached hydrogen (secondary N) is 1. The maximum absolute atomic E-state index is 11.2. The van der Waals surface area contributed by atoms with Crippen LogP contribution in [0.4, 0.5) is 4.79 Å². The van der Waals surface area contributed by atoms with E-state index < -0.39 is 6.03 Å². The van der Waals surface area contributed by atoms with Gasteiger partial charge in [-0.3, -0.25) is 10.1 Å². The lowest BCUT2D eigenvalue weighted by Crippen LogP contribution is -2.36. The van der Waals surface area contributed by atoms with Crippen LogP contribution < -0.4 is 11.1 Å². The monoisotopic (exact) mass is 192 g/mol. The van der Waals surface area contributed by atoms with Crippen molar-refractivity contribution in [3.8, 4) is 0 Å². The van der Waals surface area contributed by atoms with E-state index in [2.05, 4.69) is 0 Å². The van der Waals surface area contributed by atoms with Crippen molar-refractivity contribution in [3.63, 3.8) is 0 Å². The van der Waals surface area contributed by atoms with Gasteiger partial charge in [-0.15, -0.1) is 0 Å². The number of rotatable bonds is 2. The van der Waals surface area contributed by atoms with E-state index in [1.54, 1.807) is 0 Å². The quantitative estimate of drug-likeness (QED) is 0.725. The Morgan fingerprint density at radius 2 is 2.00 bits per heavy atom. The summed E-state index contributed by atoms with van der Waals surface area (Å²) in [5.74, 6) is -0.383. The van der Waals surface area contributed by atoms with Gasteiger partial charge in [0.2, 0.25) is 5.91 Å². The van der Waals surface area contributed by atoms with Crippen LogP contribution in [0.2, 0.25) is 0 Å². The van der Waals surface area contributed by atoms with Gasteiger partial charge in [0.25, 0.3) is 0 Å². The van der Waals surface area contributed by atoms with Crippen molar-refractivity contribution in [2.45, 2.75) is 13.3 Å². The molecule has 0 aromatic heterocycles. The molecule has 0 bridgehead atoms. The largest absolute Gasteiger partial charge is 0.351 e. The highest BCUT2D eigenvalue weighted by atomic mass is 16.2. The molecule has 0 unspecified atom stereocenters. The molecule has 74 valence electrons. The lowest BCUT2D eigenvalue weighted by Gasteiger charge is -2.04. The van der Waals surface area contributed by atoms with Gasteiger partial charge < -0.3 is 5.73 Å². The SMILES string of the molecule is Cc1ccccc1CC(=O)NC(N)=O. The van der Waals surface area contributed by atoms with Gasteiger partial charge in [0.05, 0.1) is 6.42 Å². The standard InChI is InChI=1S/C10H12N2O2/c1-7-4-2-3-5-8(7)6-9(13)12-10(11)14/h2-5H,6H2,1H3,(H3,11,12,13,14). The Hall–Kier alpha value is -1.84. The van der Waals surface area contributed by atoms with Crippen LogP contribution in [0.1, 0.15) is 11.1 Å². The van der Waals surface area contributed by atoms with Crippen LogP contribution in [-0.2, 0) is 11.2 Å². The third kappa shape index (κ3) is 2.90. The van der Waals surface area contributed by atoms with Crippen molar-refractivity contribution in [1.82, 2.24) is 5.32 Å². The van der Waals surface area contributed by atoms with E-state index in [1.807, 2.05) is 36.5 Å². The summed E-state index contributed by atoms with van der Waals surface area (Å²) < 4.78 is 0. The predicted octanol–water partition coefficient (Wildman–Crippen LogP) is 0.732. The molecule has 0 saturated carbocycles. The predicted molar refractivity (Wildman–Crippen MR) is 52.6 cm³/mol. The van der Waals surface area contributed by atoms with E-state index in [-0.39, 0.29) is 12.3 Å². The smallest absolute Gasteiger partial charge is 0.318 e. The molecule has 4 heteroatoms. The summed E-state index contributed by atoms with van der Waals surface area (Å²) in [5.41, 5.74) is 6.73. The molecule has 3 amide bonds. The second-order valence-corrected chi connectivity index (χ2v) is 3.02. The molecule has 0 spiro atoms. The molecule has 0 heterocycles. The number of aryl methyl sites for hydroxylation is 1. The van der Waals surface area contributed by atoms with Gasteiger partial charge in [-0.1, -0.05) is 24.3 Å². The molecular formula is C10H12N2O2. The number of urea groups is 1. The fourth-order valence-corrected chi connectivity index (χ4v) is 1.16. The fourth-order valence-electron chi connectivity index (χ4n) is 1.16. The average Bonchev–Trinajstić information content (AvgIpc) is 2.07. The summed E-state index contributed by atoms with van der Waals surface area (Å²) >= 11 is 0. The molecule has 1 rings (SSSR count). The zero-order chi connectivity index (χ0) is 10.6. The molecule has 0 saturated heterocycles. The van der Waals surface area contributed by atoms with E-state index in [1.165, 1.54) is 0 Å². The minimum absolute atomic E-state index is 0.176. The third-order valence-corrected chi connectivity index (χ3v) is 1.87. The van der Waals surface area contributed by atoms with Crippen LogP contribution in [0.3, 0.4) is 0 Å². The van der Waals surface area contributed by atoms with Crippen LogP contribution in [0.15, 0.2) is 24.3 Å². The third-order valence-electron chi connectivity index (χ3n) is 1.87. The van der Waals surface area contributed by atoms with Gasteiger partial charge in [-0.25, -0.2) is 4.79 Å². The lowest BCUT2D eigenvalue weighted by atomic mass is 10.1. The maximum atomic E-state index is 11.2. The summed E-state index contributed by atoms with van der Waals surface area (Å²) in [4.78, 5) is 21.5. The molecule has 1 aromatic rings. The van der Waals surface area contributed by atoms with Gasteiger partial charge in [0.15, 0.2) is 0 Å². The Kier molecular flexibility index (Phi) is 3.23. The van der Waals surface area contributed by atoms with Crippen molar-refractivity contribution in [1.29, 1.82) is 0 Å². The van der Waals surface area contributed by atoms with E-state index in [9.17, 15) is 9.59 Å². The maximum Gasteiger partial charge on any atom is 0.318 e. The molecule has 0 aliphatic carbocycles. The van der Waals surface area contributed by atoms with Gasteiger partial charge in [-0.2, -0.15) is 0 Å². The summed E-state index contributed by atoms with van der Waals surface area (Å²) in [6.07, 6.45) is 0.176. The fraction of sp³-hybridized carbons (Fsp3) is 0.200. The summed E-state index contributed by atoms with van der Waals surface area (Å²) in [7, 11) is 0. The van der Waals surface area contributed by atoms with Gasteiger partial charge in [0, 0.05) is 0 Å². The minimum Gasteiger partial charge on any atom is -0.351 e. The molecule has 3 N–H and O–H groups in total. The number of hydrogen-bond acceptors (Lipinski definition) is 2. The Balaban J connectivity index is 2.65. The lowest BCUT2D eigenvalue weighted by molar-refractivity contribution is -0.119. The molecular weight excluding hydrogens is 180 g/mol. The highest BCUT2D eigenvalue weighted by Gasteiger charge is 2.06. The Morgan fingerprint density at radius 3 is 2.57 bits per heavy atom. The van der Waals surface area contributed by atoms with Crippen molar-refractivity contribution >= 4 is 11.9 Å². The normalized spacial score (nSPS) is 9.50. The van der Waals surface area contributed by atoms with Crippen molar-refractivity contribution in [3.05, 3.63) is 35.4 Å². The van der Waals surface area contributed by atoms with Crippen LogP contribution in [0, 0.1) is 6.92 Å². The van der Waals surface area contributed by atoms with Gasteiger partial charge in [0.1, 0.15) is 0 Å². The number of imide groups is 1. The molecule has 0 aliphatic heterocycles. The molecule has 0 radical (unpaired) electrons. The molecule has 4 nitrogen and oxygen atoms in total. The minimum atomic E-state index is -0.816. The van der Waals surface area contributed by atoms with Gasteiger partial charge in [-0.05, 0) is 18.1 Å². The summed E-state index contributed by atoms with van der Waals surface area (Å²) in [6.45, 7) is 1.91. The van der Waals surface area contributed by atoms with E-state index in [0.29, 0.717) is 0 Å². The van der Waals surface area contributed by atoms with E-state index in [0.717, 1.165) is 11.1 Å². The average molecular weight is 192 g/mol. The topological polar surface area (TPSA) is 72.2 Å². The zero-order valence-corrected chi connectivity index (χ0v) is 7.91. The molecule has 14 heavy (non-hydrogen) atoms. The van der Waals surface area contributed by atoms with Crippen LogP contribution in [0.25, 0.3) is 0 Å². The summed E-state index contributed by atoms with van der Waals surface area (Å²) in [5, 5.41) is 2.02. The van der Waals surface area contributed by atoms with Gasteiger partial charge >= 0.3 is 6.03 Å². The summed E-state index contributed by atoms with van der Waals surface area (Å²) in [6, 6.07) is 6.68. The second kappa shape index (κ2) is 4.41. The van der Waals surface area contributed by atoms with Crippen molar-refractivity contribution in [2.75, 3.05) is 0 Å². The first-order valence-electron chi connectivity index (χ1n) is 4.23. The Labute approximate surface area is 82.1 Å². The number of benzene rings is 1. The molecule has 0 aliphatic rings. The molecule has 0 atom stereocenters. The van der Waals surface area contributed by atoms with E-state index in [4.69, 9.17) is 5.73 Å². The second-order valence-electron chi connectivity index (χ2n) is 3.02. The first kappa shape index (κ1) is 10.2. The highest BCUT2D eigenvalue weighted by Crippen LogP contribution is 2.07. The highest BCUT2D eigenvalue weighted by molar-refractivity contribution is 5.94. The molecule has 0 fully saturated rings. The number of carbonyl (C=O) groups is 2. The number of nitrogens with two attached hydrogens (primary N) is 1. The van der Waals surface area contributed by atoms with Crippen molar-refractivity contribution < 1.29 is 9.59 Å². The number of primary amides is 1. The Morgan fingerprint density at radius 1 is 1.36 bits per heavy atom. The number of amides is 3. The van der Waals surface area contributed by atoms with Crippen molar-refractivity contribution in [2.24, 2.45) is 5.73 Å². The van der Waals surface area contributed by atoms with Crippen LogP contribution in [-0.4, -0.2) is 11.9 Å². The first-order valence-corrected chi connectivity index (χ1v) is 4.23. The number of carbonyl (C=O) groups excluding carboxylic acids is 2.